The van der Waals surface area contributed by atoms with Gasteiger partial charge in [0, 0.05) is 0 Å². The Morgan fingerprint density at radius 2 is 1.71 bits per heavy atom. The molecule has 0 fully saturated rings. The van der Waals surface area contributed by atoms with Crippen molar-refractivity contribution in [3.63, 3.8) is 0 Å². The highest BCUT2D eigenvalue weighted by Gasteiger charge is 2.30. The predicted octanol–water partition coefficient (Wildman–Crippen LogP) is 2.94. The summed E-state index contributed by atoms with van der Waals surface area (Å²) in [5.74, 6) is 0. The zero-order chi connectivity index (χ0) is 20.3. The smallest absolute Gasteiger partial charge is 0.267 e. The van der Waals surface area contributed by atoms with Gasteiger partial charge >= 0.3 is 6.18 Å². The number of rotatable bonds is 2. The molecule has 3 rings (SSSR count). The van der Waals surface area contributed by atoms with Crippen LogP contribution in [-0.4, -0.2) is 4.57 Å². The maximum atomic E-state index is 13.1. The zero-order valence-corrected chi connectivity index (χ0v) is 14.9. The summed E-state index contributed by atoms with van der Waals surface area (Å²) in [5.41, 5.74) is -1.25. The van der Waals surface area contributed by atoms with Gasteiger partial charge in [0.15, 0.2) is 5.57 Å². The second-order valence-corrected chi connectivity index (χ2v) is 6.64. The Labute approximate surface area is 161 Å². The number of hydrogen-bond acceptors (Lipinski definition) is 4. The molecule has 0 spiro atoms. The number of thiazole rings is 1. The molecule has 0 saturated heterocycles. The molecule has 2 aromatic carbocycles. The van der Waals surface area contributed by atoms with E-state index in [-0.39, 0.29) is 20.5 Å². The minimum Gasteiger partial charge on any atom is -0.267 e. The Morgan fingerprint density at radius 1 is 1.04 bits per heavy atom. The summed E-state index contributed by atoms with van der Waals surface area (Å²) in [6.45, 7) is 0. The monoisotopic (exact) mass is 397 g/mol. The number of aromatic nitrogens is 1. The van der Waals surface area contributed by atoms with Gasteiger partial charge in [-0.05, 0) is 29.8 Å². The lowest BCUT2D eigenvalue weighted by atomic mass is 10.2. The summed E-state index contributed by atoms with van der Waals surface area (Å²) in [6, 6.07) is 16.5. The van der Waals surface area contributed by atoms with E-state index in [9.17, 15) is 28.5 Å². The maximum absolute atomic E-state index is 13.1. The van der Waals surface area contributed by atoms with E-state index < -0.39 is 17.3 Å². The van der Waals surface area contributed by atoms with Gasteiger partial charge < -0.3 is 0 Å². The van der Waals surface area contributed by atoms with Crippen molar-refractivity contribution in [1.29, 1.82) is 10.5 Å². The quantitative estimate of drug-likeness (QED) is 0.668. The van der Waals surface area contributed by atoms with E-state index in [2.05, 4.69) is 0 Å². The molecule has 4 nitrogen and oxygen atoms in total. The Bertz CT molecular complexity index is 1270. The van der Waals surface area contributed by atoms with Gasteiger partial charge in [0.25, 0.3) is 5.56 Å². The highest BCUT2D eigenvalue weighted by molar-refractivity contribution is 7.07. The molecule has 0 unspecified atom stereocenters. The standard InChI is InChI=1S/C20H10F3N3OS/c21-20(22,23)15-7-4-8-16(10-15)26-18(27)17(9-13-5-2-1-3-6-13)28-19(26)14(11-24)12-25/h1-10H/b17-9-. The molecule has 138 valence electrons. The SMILES string of the molecule is N#CC(C#N)=c1s/c(=C\c2ccccc2)c(=O)n1-c1cccc(C(F)(F)F)c1. The highest BCUT2D eigenvalue weighted by Crippen LogP contribution is 2.29. The van der Waals surface area contributed by atoms with Crippen LogP contribution in [0.15, 0.2) is 59.4 Å². The topological polar surface area (TPSA) is 69.6 Å². The third-order valence-corrected chi connectivity index (χ3v) is 4.88. The van der Waals surface area contributed by atoms with E-state index >= 15 is 0 Å². The molecular formula is C20H10F3N3OS. The molecule has 0 radical (unpaired) electrons. The first kappa shape index (κ1) is 19.2. The zero-order valence-electron chi connectivity index (χ0n) is 14.1. The van der Waals surface area contributed by atoms with Crippen LogP contribution in [0.3, 0.4) is 0 Å². The lowest BCUT2D eigenvalue weighted by Crippen LogP contribution is -2.30. The van der Waals surface area contributed by atoms with Crippen LogP contribution in [0.4, 0.5) is 13.2 Å². The fourth-order valence-electron chi connectivity index (χ4n) is 2.53. The number of hydrogen-bond donors (Lipinski definition) is 0. The number of halogens is 3. The Balaban J connectivity index is 2.39. The molecule has 0 saturated carbocycles. The van der Waals surface area contributed by atoms with Crippen LogP contribution < -0.4 is 14.8 Å². The van der Waals surface area contributed by atoms with E-state index in [0.29, 0.717) is 5.56 Å². The maximum Gasteiger partial charge on any atom is 0.416 e. The molecule has 28 heavy (non-hydrogen) atoms. The molecular weight excluding hydrogens is 387 g/mol. The number of nitrogens with zero attached hydrogens (tertiary/aromatic N) is 3. The first-order valence-electron chi connectivity index (χ1n) is 7.86. The van der Waals surface area contributed by atoms with Gasteiger partial charge in [0.05, 0.1) is 15.8 Å². The van der Waals surface area contributed by atoms with Crippen molar-refractivity contribution in [2.24, 2.45) is 0 Å². The van der Waals surface area contributed by atoms with Crippen molar-refractivity contribution in [2.45, 2.75) is 6.18 Å². The molecule has 0 amide bonds. The summed E-state index contributed by atoms with van der Waals surface area (Å²) in [7, 11) is 0. The summed E-state index contributed by atoms with van der Waals surface area (Å²) in [6.07, 6.45) is -3.03. The number of nitriles is 2. The summed E-state index contributed by atoms with van der Waals surface area (Å²) in [5, 5.41) is 18.4. The van der Waals surface area contributed by atoms with E-state index in [1.807, 2.05) is 0 Å². The van der Waals surface area contributed by atoms with Gasteiger partial charge in [0.1, 0.15) is 16.8 Å². The van der Waals surface area contributed by atoms with Gasteiger partial charge in [-0.3, -0.25) is 9.36 Å². The van der Waals surface area contributed by atoms with Crippen LogP contribution in [0.2, 0.25) is 0 Å². The first-order valence-corrected chi connectivity index (χ1v) is 8.67. The second-order valence-electron chi connectivity index (χ2n) is 5.61. The van der Waals surface area contributed by atoms with Crippen LogP contribution in [0, 0.1) is 22.7 Å². The summed E-state index contributed by atoms with van der Waals surface area (Å²) in [4.78, 5) is 12.9. The molecule has 1 heterocycles. The van der Waals surface area contributed by atoms with Gasteiger partial charge in [-0.15, -0.1) is 11.3 Å². The molecule has 3 aromatic rings. The lowest BCUT2D eigenvalue weighted by Gasteiger charge is -2.09. The molecule has 0 N–H and O–H groups in total. The largest absolute Gasteiger partial charge is 0.416 e. The third kappa shape index (κ3) is 3.73. The minimum atomic E-state index is -4.59. The number of alkyl halides is 3. The molecule has 1 aromatic heterocycles. The summed E-state index contributed by atoms with van der Waals surface area (Å²) >= 11 is 0.878. The van der Waals surface area contributed by atoms with E-state index in [1.54, 1.807) is 48.5 Å². The van der Waals surface area contributed by atoms with Gasteiger partial charge in [0.2, 0.25) is 0 Å². The van der Waals surface area contributed by atoms with Crippen molar-refractivity contribution in [1.82, 2.24) is 4.57 Å². The third-order valence-electron chi connectivity index (χ3n) is 3.79. The molecule has 0 aliphatic heterocycles. The first-order chi connectivity index (χ1) is 13.3. The van der Waals surface area contributed by atoms with Gasteiger partial charge in [-0.2, -0.15) is 23.7 Å². The highest BCUT2D eigenvalue weighted by atomic mass is 32.1. The van der Waals surface area contributed by atoms with E-state index in [1.165, 1.54) is 12.1 Å². The molecule has 0 aliphatic carbocycles. The normalized spacial score (nSPS) is 11.7. The Hall–Kier alpha value is -3.62. The average Bonchev–Trinajstić information content (AvgIpc) is 2.99. The average molecular weight is 397 g/mol. The van der Waals surface area contributed by atoms with Crippen LogP contribution >= 0.6 is 11.3 Å². The van der Waals surface area contributed by atoms with Crippen molar-refractivity contribution < 1.29 is 13.2 Å². The van der Waals surface area contributed by atoms with Crippen LogP contribution in [0.5, 0.6) is 0 Å². The number of benzene rings is 2. The Kier molecular flexibility index (Phi) is 5.16. The second kappa shape index (κ2) is 7.55. The molecule has 0 aliphatic rings. The molecule has 0 atom stereocenters. The van der Waals surface area contributed by atoms with Crippen molar-refractivity contribution in [2.75, 3.05) is 0 Å². The Morgan fingerprint density at radius 3 is 2.32 bits per heavy atom. The van der Waals surface area contributed by atoms with Crippen molar-refractivity contribution in [3.8, 4) is 17.8 Å². The van der Waals surface area contributed by atoms with Crippen molar-refractivity contribution >= 4 is 23.0 Å². The summed E-state index contributed by atoms with van der Waals surface area (Å²) < 4.78 is 40.3. The fraction of sp³-hybridized carbons (Fsp3) is 0.0500. The minimum absolute atomic E-state index is 0.0171. The van der Waals surface area contributed by atoms with Crippen LogP contribution in [-0.2, 0) is 6.18 Å². The predicted molar refractivity (Wildman–Crippen MR) is 98.8 cm³/mol. The van der Waals surface area contributed by atoms with Gasteiger partial charge in [-0.1, -0.05) is 36.4 Å². The molecule has 8 heteroatoms. The van der Waals surface area contributed by atoms with Gasteiger partial charge in [-0.25, -0.2) is 0 Å². The van der Waals surface area contributed by atoms with E-state index in [4.69, 9.17) is 0 Å². The van der Waals surface area contributed by atoms with Crippen LogP contribution in [0.25, 0.3) is 17.3 Å². The lowest BCUT2D eigenvalue weighted by molar-refractivity contribution is -0.137. The van der Waals surface area contributed by atoms with E-state index in [0.717, 1.165) is 28.0 Å². The fourth-order valence-corrected chi connectivity index (χ4v) is 3.58. The van der Waals surface area contributed by atoms with Crippen molar-refractivity contribution in [3.05, 3.63) is 85.3 Å². The van der Waals surface area contributed by atoms with Crippen LogP contribution in [0.1, 0.15) is 11.1 Å². The molecule has 0 bridgehead atoms.